The van der Waals surface area contributed by atoms with Crippen LogP contribution in [0.4, 0.5) is 0 Å². The van der Waals surface area contributed by atoms with Crippen LogP contribution < -0.4 is 15.2 Å². The van der Waals surface area contributed by atoms with E-state index in [1.54, 1.807) is 14.2 Å². The van der Waals surface area contributed by atoms with Crippen LogP contribution in [0.3, 0.4) is 0 Å². The van der Waals surface area contributed by atoms with Gasteiger partial charge in [0.2, 0.25) is 0 Å². The molecule has 0 bridgehead atoms. The molecule has 2 N–H and O–H groups in total. The molecular formula is C14H23NO2. The molecule has 0 fully saturated rings. The first-order valence-corrected chi connectivity index (χ1v) is 6.05. The summed E-state index contributed by atoms with van der Waals surface area (Å²) in [6.07, 6.45) is 1.88. The van der Waals surface area contributed by atoms with E-state index in [1.807, 2.05) is 18.2 Å². The lowest BCUT2D eigenvalue weighted by Crippen LogP contribution is -2.26. The monoisotopic (exact) mass is 237 g/mol. The van der Waals surface area contributed by atoms with Gasteiger partial charge in [0.05, 0.1) is 14.2 Å². The van der Waals surface area contributed by atoms with Crippen molar-refractivity contribution in [3.8, 4) is 11.5 Å². The molecular weight excluding hydrogens is 214 g/mol. The van der Waals surface area contributed by atoms with E-state index in [4.69, 9.17) is 15.2 Å². The van der Waals surface area contributed by atoms with Crippen molar-refractivity contribution in [1.82, 2.24) is 0 Å². The van der Waals surface area contributed by atoms with Crippen molar-refractivity contribution in [1.29, 1.82) is 0 Å². The SMILES string of the molecule is COc1ccc(OC)c(CCC(N)C(C)C)c1. The second-order valence-electron chi connectivity index (χ2n) is 4.62. The Hall–Kier alpha value is -1.22. The molecule has 0 aliphatic rings. The molecule has 0 aliphatic carbocycles. The van der Waals surface area contributed by atoms with Gasteiger partial charge in [-0.3, -0.25) is 0 Å². The molecule has 0 heterocycles. The molecule has 1 aromatic rings. The van der Waals surface area contributed by atoms with Gasteiger partial charge < -0.3 is 15.2 Å². The summed E-state index contributed by atoms with van der Waals surface area (Å²) < 4.78 is 10.6. The molecule has 1 atom stereocenters. The number of hydrogen-bond donors (Lipinski definition) is 1. The Balaban J connectivity index is 2.74. The van der Waals surface area contributed by atoms with Crippen molar-refractivity contribution in [2.45, 2.75) is 32.7 Å². The first-order valence-electron chi connectivity index (χ1n) is 6.05. The number of nitrogens with two attached hydrogens (primary N) is 1. The topological polar surface area (TPSA) is 44.5 Å². The van der Waals surface area contributed by atoms with Crippen molar-refractivity contribution >= 4 is 0 Å². The zero-order valence-electron chi connectivity index (χ0n) is 11.2. The van der Waals surface area contributed by atoms with Crippen molar-refractivity contribution in [2.75, 3.05) is 14.2 Å². The van der Waals surface area contributed by atoms with Gasteiger partial charge in [0.15, 0.2) is 0 Å². The Morgan fingerprint density at radius 3 is 2.41 bits per heavy atom. The Morgan fingerprint density at radius 2 is 1.88 bits per heavy atom. The first-order chi connectivity index (χ1) is 8.08. The van der Waals surface area contributed by atoms with Gasteiger partial charge in [-0.15, -0.1) is 0 Å². The average molecular weight is 237 g/mol. The molecule has 96 valence electrons. The van der Waals surface area contributed by atoms with Gasteiger partial charge in [0, 0.05) is 6.04 Å². The fourth-order valence-electron chi connectivity index (χ4n) is 1.73. The van der Waals surface area contributed by atoms with Crippen LogP contribution >= 0.6 is 0 Å². The highest BCUT2D eigenvalue weighted by molar-refractivity contribution is 5.40. The number of methoxy groups -OCH3 is 2. The summed E-state index contributed by atoms with van der Waals surface area (Å²) >= 11 is 0. The number of aryl methyl sites for hydroxylation is 1. The van der Waals surface area contributed by atoms with Gasteiger partial charge >= 0.3 is 0 Å². The van der Waals surface area contributed by atoms with E-state index >= 15 is 0 Å². The highest BCUT2D eigenvalue weighted by atomic mass is 16.5. The molecule has 3 heteroatoms. The van der Waals surface area contributed by atoms with E-state index in [0.717, 1.165) is 29.9 Å². The van der Waals surface area contributed by atoms with E-state index in [9.17, 15) is 0 Å². The average Bonchev–Trinajstić information content (AvgIpc) is 2.35. The normalized spacial score (nSPS) is 12.6. The summed E-state index contributed by atoms with van der Waals surface area (Å²) in [5.41, 5.74) is 7.21. The lowest BCUT2D eigenvalue weighted by molar-refractivity contribution is 0.395. The predicted molar refractivity (Wildman–Crippen MR) is 70.7 cm³/mol. The molecule has 0 spiro atoms. The predicted octanol–water partition coefficient (Wildman–Crippen LogP) is 2.62. The third-order valence-corrected chi connectivity index (χ3v) is 3.09. The van der Waals surface area contributed by atoms with Crippen LogP contribution in [0.15, 0.2) is 18.2 Å². The second-order valence-corrected chi connectivity index (χ2v) is 4.62. The molecule has 1 rings (SSSR count). The quantitative estimate of drug-likeness (QED) is 0.827. The summed E-state index contributed by atoms with van der Waals surface area (Å²) in [4.78, 5) is 0. The van der Waals surface area contributed by atoms with Gasteiger partial charge in [0.25, 0.3) is 0 Å². The van der Waals surface area contributed by atoms with Gasteiger partial charge in [-0.2, -0.15) is 0 Å². The molecule has 0 aromatic heterocycles. The van der Waals surface area contributed by atoms with Crippen LogP contribution in [0.2, 0.25) is 0 Å². The van der Waals surface area contributed by atoms with Crippen molar-refractivity contribution in [3.63, 3.8) is 0 Å². The first kappa shape index (κ1) is 13.8. The molecule has 1 unspecified atom stereocenters. The minimum atomic E-state index is 0.228. The Morgan fingerprint density at radius 1 is 1.18 bits per heavy atom. The van der Waals surface area contributed by atoms with E-state index < -0.39 is 0 Å². The molecule has 1 aromatic carbocycles. The minimum absolute atomic E-state index is 0.228. The molecule has 0 radical (unpaired) electrons. The fraction of sp³-hybridized carbons (Fsp3) is 0.571. The summed E-state index contributed by atoms with van der Waals surface area (Å²) in [6, 6.07) is 6.09. The highest BCUT2D eigenvalue weighted by Gasteiger charge is 2.10. The molecule has 0 saturated carbocycles. The lowest BCUT2D eigenvalue weighted by Gasteiger charge is -2.16. The maximum Gasteiger partial charge on any atom is 0.122 e. The summed E-state index contributed by atoms with van der Waals surface area (Å²) in [7, 11) is 3.36. The van der Waals surface area contributed by atoms with Crippen molar-refractivity contribution in [3.05, 3.63) is 23.8 Å². The zero-order valence-corrected chi connectivity index (χ0v) is 11.2. The highest BCUT2D eigenvalue weighted by Crippen LogP contribution is 2.25. The smallest absolute Gasteiger partial charge is 0.122 e. The molecule has 17 heavy (non-hydrogen) atoms. The molecule has 0 aliphatic heterocycles. The van der Waals surface area contributed by atoms with Gasteiger partial charge in [0.1, 0.15) is 11.5 Å². The van der Waals surface area contributed by atoms with Gasteiger partial charge in [-0.25, -0.2) is 0 Å². The summed E-state index contributed by atoms with van der Waals surface area (Å²) in [5.74, 6) is 2.27. The van der Waals surface area contributed by atoms with E-state index in [-0.39, 0.29) is 6.04 Å². The van der Waals surface area contributed by atoms with Crippen LogP contribution in [0.25, 0.3) is 0 Å². The Bertz CT molecular complexity index is 350. The standard InChI is InChI=1S/C14H23NO2/c1-10(2)13(15)7-5-11-9-12(16-3)6-8-14(11)17-4/h6,8-10,13H,5,7,15H2,1-4H3. The molecule has 0 saturated heterocycles. The van der Waals surface area contributed by atoms with E-state index in [1.165, 1.54) is 0 Å². The third kappa shape index (κ3) is 3.93. The maximum absolute atomic E-state index is 6.05. The van der Waals surface area contributed by atoms with Crippen LogP contribution in [-0.4, -0.2) is 20.3 Å². The molecule has 3 nitrogen and oxygen atoms in total. The van der Waals surface area contributed by atoms with Crippen LogP contribution in [0, 0.1) is 5.92 Å². The van der Waals surface area contributed by atoms with E-state index in [0.29, 0.717) is 5.92 Å². The summed E-state index contributed by atoms with van der Waals surface area (Å²) in [6.45, 7) is 4.29. The molecule has 0 amide bonds. The maximum atomic E-state index is 6.05. The second kappa shape index (κ2) is 6.50. The fourth-order valence-corrected chi connectivity index (χ4v) is 1.73. The minimum Gasteiger partial charge on any atom is -0.497 e. The summed E-state index contributed by atoms with van der Waals surface area (Å²) in [5, 5.41) is 0. The zero-order chi connectivity index (χ0) is 12.8. The van der Waals surface area contributed by atoms with Crippen LogP contribution in [-0.2, 0) is 6.42 Å². The van der Waals surface area contributed by atoms with Gasteiger partial charge in [-0.1, -0.05) is 13.8 Å². The Kier molecular flexibility index (Phi) is 5.29. The number of ether oxygens (including phenoxy) is 2. The number of rotatable bonds is 6. The van der Waals surface area contributed by atoms with Crippen molar-refractivity contribution < 1.29 is 9.47 Å². The third-order valence-electron chi connectivity index (χ3n) is 3.09. The van der Waals surface area contributed by atoms with Crippen molar-refractivity contribution in [2.24, 2.45) is 11.7 Å². The van der Waals surface area contributed by atoms with Crippen LogP contribution in [0.1, 0.15) is 25.8 Å². The van der Waals surface area contributed by atoms with Gasteiger partial charge in [-0.05, 0) is 42.5 Å². The van der Waals surface area contributed by atoms with Crippen LogP contribution in [0.5, 0.6) is 11.5 Å². The Labute approximate surface area is 104 Å². The largest absolute Gasteiger partial charge is 0.497 e. The lowest BCUT2D eigenvalue weighted by atomic mass is 9.97. The number of hydrogen-bond acceptors (Lipinski definition) is 3. The van der Waals surface area contributed by atoms with E-state index in [2.05, 4.69) is 13.8 Å². The number of benzene rings is 1.